The third-order valence-corrected chi connectivity index (χ3v) is 2.89. The number of hydrogen-bond donors (Lipinski definition) is 1. The van der Waals surface area contributed by atoms with Gasteiger partial charge in [0.05, 0.1) is 11.3 Å². The molecule has 0 unspecified atom stereocenters. The molecule has 0 saturated heterocycles. The van der Waals surface area contributed by atoms with Crippen molar-refractivity contribution in [1.29, 1.82) is 0 Å². The summed E-state index contributed by atoms with van der Waals surface area (Å²) in [6.07, 6.45) is 3.10. The number of hydrogen-bond acceptors (Lipinski definition) is 3. The lowest BCUT2D eigenvalue weighted by atomic mass is 10.2. The van der Waals surface area contributed by atoms with Gasteiger partial charge in [0.1, 0.15) is 5.15 Å². The maximum Gasteiger partial charge on any atom is 0.258 e. The van der Waals surface area contributed by atoms with E-state index in [0.717, 1.165) is 0 Å². The highest BCUT2D eigenvalue weighted by Gasteiger charge is 2.11. The van der Waals surface area contributed by atoms with Crippen LogP contribution in [-0.4, -0.2) is 15.5 Å². The fourth-order valence-electron chi connectivity index (χ4n) is 1.61. The van der Waals surface area contributed by atoms with Crippen molar-refractivity contribution in [2.75, 3.05) is 5.32 Å². The molecule has 2 aromatic heterocycles. The van der Waals surface area contributed by atoms with E-state index in [9.17, 15) is 9.59 Å². The molecule has 2 heterocycles. The van der Waals surface area contributed by atoms with Gasteiger partial charge in [0.15, 0.2) is 0 Å². The van der Waals surface area contributed by atoms with Crippen molar-refractivity contribution in [2.24, 2.45) is 0 Å². The van der Waals surface area contributed by atoms with Gasteiger partial charge in [0, 0.05) is 25.0 Å². The number of carbonyl (C=O) groups is 1. The molecule has 0 fully saturated rings. The summed E-state index contributed by atoms with van der Waals surface area (Å²) in [6.45, 7) is 2.39. The van der Waals surface area contributed by atoms with Gasteiger partial charge >= 0.3 is 0 Å². The molecule has 0 radical (unpaired) electrons. The summed E-state index contributed by atoms with van der Waals surface area (Å²) in [4.78, 5) is 27.3. The average molecular weight is 278 g/mol. The van der Waals surface area contributed by atoms with Crippen molar-refractivity contribution >= 4 is 23.2 Å². The van der Waals surface area contributed by atoms with E-state index in [1.165, 1.54) is 16.8 Å². The Morgan fingerprint density at radius 2 is 2.21 bits per heavy atom. The highest BCUT2D eigenvalue weighted by Crippen LogP contribution is 2.14. The molecule has 19 heavy (non-hydrogen) atoms. The highest BCUT2D eigenvalue weighted by atomic mass is 35.5. The van der Waals surface area contributed by atoms with Crippen molar-refractivity contribution in [3.8, 4) is 0 Å². The van der Waals surface area contributed by atoms with Crippen LogP contribution in [0.5, 0.6) is 0 Å². The van der Waals surface area contributed by atoms with Crippen molar-refractivity contribution in [1.82, 2.24) is 9.55 Å². The van der Waals surface area contributed by atoms with E-state index in [-0.39, 0.29) is 16.6 Å². The second kappa shape index (κ2) is 5.67. The first-order valence-corrected chi connectivity index (χ1v) is 6.12. The van der Waals surface area contributed by atoms with Crippen LogP contribution in [0.1, 0.15) is 17.3 Å². The van der Waals surface area contributed by atoms with Crippen molar-refractivity contribution in [2.45, 2.75) is 13.5 Å². The second-order valence-electron chi connectivity index (χ2n) is 3.84. The Labute approximate surface area is 114 Å². The number of rotatable bonds is 3. The number of anilines is 1. The summed E-state index contributed by atoms with van der Waals surface area (Å²) in [7, 11) is 0. The zero-order chi connectivity index (χ0) is 13.8. The standard InChI is InChI=1S/C13H12ClN3O2/c1-2-17-8-9(5-6-11(17)18)16-13(19)10-4-3-7-15-12(10)14/h3-8H,2H2,1H3,(H,16,19). The predicted molar refractivity (Wildman–Crippen MR) is 73.6 cm³/mol. The van der Waals surface area contributed by atoms with Gasteiger partial charge in [0.2, 0.25) is 0 Å². The van der Waals surface area contributed by atoms with Gasteiger partial charge in [0.25, 0.3) is 11.5 Å². The van der Waals surface area contributed by atoms with Gasteiger partial charge in [-0.3, -0.25) is 9.59 Å². The molecule has 1 amide bonds. The average Bonchev–Trinajstić information content (AvgIpc) is 2.41. The molecule has 2 rings (SSSR count). The zero-order valence-corrected chi connectivity index (χ0v) is 11.0. The molecule has 5 nitrogen and oxygen atoms in total. The Bertz CT molecular complexity index is 667. The smallest absolute Gasteiger partial charge is 0.258 e. The fourth-order valence-corrected chi connectivity index (χ4v) is 1.81. The molecule has 6 heteroatoms. The highest BCUT2D eigenvalue weighted by molar-refractivity contribution is 6.33. The van der Waals surface area contributed by atoms with Crippen LogP contribution in [0.2, 0.25) is 5.15 Å². The molecule has 0 atom stereocenters. The first-order chi connectivity index (χ1) is 9.11. The van der Waals surface area contributed by atoms with Crippen LogP contribution in [0.4, 0.5) is 5.69 Å². The van der Waals surface area contributed by atoms with Gasteiger partial charge in [-0.2, -0.15) is 0 Å². The number of amides is 1. The lowest BCUT2D eigenvalue weighted by Crippen LogP contribution is -2.20. The van der Waals surface area contributed by atoms with Crippen LogP contribution < -0.4 is 10.9 Å². The quantitative estimate of drug-likeness (QED) is 0.875. The van der Waals surface area contributed by atoms with Gasteiger partial charge < -0.3 is 9.88 Å². The van der Waals surface area contributed by atoms with E-state index in [1.807, 2.05) is 6.92 Å². The van der Waals surface area contributed by atoms with Gasteiger partial charge in [-0.25, -0.2) is 4.98 Å². The van der Waals surface area contributed by atoms with Gasteiger partial charge in [-0.15, -0.1) is 0 Å². The summed E-state index contributed by atoms with van der Waals surface area (Å²) in [5.74, 6) is -0.362. The van der Waals surface area contributed by atoms with Crippen molar-refractivity contribution < 1.29 is 4.79 Å². The van der Waals surface area contributed by atoms with E-state index < -0.39 is 0 Å². The normalized spacial score (nSPS) is 10.2. The van der Waals surface area contributed by atoms with E-state index in [0.29, 0.717) is 17.8 Å². The number of aromatic nitrogens is 2. The molecular weight excluding hydrogens is 266 g/mol. The minimum Gasteiger partial charge on any atom is -0.321 e. The summed E-state index contributed by atoms with van der Waals surface area (Å²) >= 11 is 5.84. The molecular formula is C13H12ClN3O2. The summed E-state index contributed by atoms with van der Waals surface area (Å²) in [5.41, 5.74) is 0.713. The van der Waals surface area contributed by atoms with E-state index in [1.54, 1.807) is 24.4 Å². The lowest BCUT2D eigenvalue weighted by Gasteiger charge is -2.08. The number of carbonyl (C=O) groups excluding carboxylic acids is 1. The number of halogens is 1. The third-order valence-electron chi connectivity index (χ3n) is 2.59. The Morgan fingerprint density at radius 1 is 1.42 bits per heavy atom. The molecule has 0 saturated carbocycles. The number of nitrogens with one attached hydrogen (secondary N) is 1. The molecule has 0 aliphatic rings. The molecule has 0 aliphatic heterocycles. The molecule has 0 aliphatic carbocycles. The van der Waals surface area contributed by atoms with Crippen LogP contribution in [0.3, 0.4) is 0 Å². The molecule has 1 N–H and O–H groups in total. The van der Waals surface area contributed by atoms with Crippen molar-refractivity contribution in [3.05, 3.63) is 57.7 Å². The Morgan fingerprint density at radius 3 is 2.89 bits per heavy atom. The Hall–Kier alpha value is -2.14. The third kappa shape index (κ3) is 3.00. The number of aryl methyl sites for hydroxylation is 1. The summed E-state index contributed by atoms with van der Waals surface area (Å²) < 4.78 is 1.50. The summed E-state index contributed by atoms with van der Waals surface area (Å²) in [5, 5.41) is 2.82. The maximum absolute atomic E-state index is 12.0. The number of nitrogens with zero attached hydrogens (tertiary/aromatic N) is 2. The van der Waals surface area contributed by atoms with Crippen LogP contribution in [0.15, 0.2) is 41.5 Å². The molecule has 0 spiro atoms. The predicted octanol–water partition coefficient (Wildman–Crippen LogP) is 2.17. The van der Waals surface area contributed by atoms with Crippen LogP contribution >= 0.6 is 11.6 Å². The largest absolute Gasteiger partial charge is 0.321 e. The minimum absolute atomic E-state index is 0.111. The molecule has 0 bridgehead atoms. The zero-order valence-electron chi connectivity index (χ0n) is 10.3. The number of pyridine rings is 2. The van der Waals surface area contributed by atoms with Gasteiger partial charge in [-0.1, -0.05) is 11.6 Å². The van der Waals surface area contributed by atoms with E-state index in [4.69, 9.17) is 11.6 Å². The first-order valence-electron chi connectivity index (χ1n) is 5.74. The van der Waals surface area contributed by atoms with Crippen LogP contribution in [-0.2, 0) is 6.54 Å². The lowest BCUT2D eigenvalue weighted by molar-refractivity contribution is 0.102. The molecule has 98 valence electrons. The Balaban J connectivity index is 2.24. The van der Waals surface area contributed by atoms with Crippen molar-refractivity contribution in [3.63, 3.8) is 0 Å². The SMILES string of the molecule is CCn1cc(NC(=O)c2cccnc2Cl)ccc1=O. The Kier molecular flexibility index (Phi) is 3.97. The van der Waals surface area contributed by atoms with E-state index in [2.05, 4.69) is 10.3 Å². The minimum atomic E-state index is -0.362. The van der Waals surface area contributed by atoms with Crippen LogP contribution in [0, 0.1) is 0 Å². The van der Waals surface area contributed by atoms with Gasteiger partial charge in [-0.05, 0) is 25.1 Å². The maximum atomic E-state index is 12.0. The monoisotopic (exact) mass is 277 g/mol. The van der Waals surface area contributed by atoms with Crippen LogP contribution in [0.25, 0.3) is 0 Å². The second-order valence-corrected chi connectivity index (χ2v) is 4.20. The topological polar surface area (TPSA) is 64.0 Å². The fraction of sp³-hybridized carbons (Fsp3) is 0.154. The molecule has 2 aromatic rings. The first kappa shape index (κ1) is 13.3. The molecule has 0 aromatic carbocycles. The summed E-state index contributed by atoms with van der Waals surface area (Å²) in [6, 6.07) is 6.18. The van der Waals surface area contributed by atoms with E-state index >= 15 is 0 Å².